The molecule has 206 valence electrons. The molecule has 1 saturated heterocycles. The molecule has 41 heavy (non-hydrogen) atoms. The van der Waals surface area contributed by atoms with Crippen molar-refractivity contribution in [2.24, 2.45) is 4.99 Å². The fourth-order valence-corrected chi connectivity index (χ4v) is 6.23. The number of halogens is 2. The smallest absolute Gasteiger partial charge is 0.321 e. The van der Waals surface area contributed by atoms with Crippen LogP contribution in [0.25, 0.3) is 17.2 Å². The number of nitrogens with one attached hydrogen (secondary N) is 1. The van der Waals surface area contributed by atoms with E-state index in [0.29, 0.717) is 5.36 Å². The second kappa shape index (κ2) is 10.7. The van der Waals surface area contributed by atoms with Crippen molar-refractivity contribution in [3.05, 3.63) is 134 Å². The van der Waals surface area contributed by atoms with Gasteiger partial charge >= 0.3 is 5.69 Å². The Hall–Kier alpha value is -4.20. The highest BCUT2D eigenvalue weighted by atomic mass is 35.5. The number of H-pyrrole nitrogens is 1. The molecule has 0 saturated carbocycles. The van der Waals surface area contributed by atoms with E-state index in [2.05, 4.69) is 39.0 Å². The van der Waals surface area contributed by atoms with Crippen molar-refractivity contribution in [1.29, 1.82) is 0 Å². The Labute approximate surface area is 241 Å². The minimum absolute atomic E-state index is 0.0244. The van der Waals surface area contributed by atoms with Gasteiger partial charge in [0, 0.05) is 48.8 Å². The van der Waals surface area contributed by atoms with Crippen LogP contribution >= 0.6 is 11.6 Å². The topological polar surface area (TPSA) is 56.6 Å². The van der Waals surface area contributed by atoms with Crippen molar-refractivity contribution in [2.45, 2.75) is 31.6 Å². The van der Waals surface area contributed by atoms with E-state index >= 15 is 0 Å². The molecule has 1 aromatic heterocycles. The molecule has 0 spiro atoms. The van der Waals surface area contributed by atoms with Gasteiger partial charge in [-0.05, 0) is 54.3 Å². The quantitative estimate of drug-likeness (QED) is 0.305. The zero-order chi connectivity index (χ0) is 27.9. The lowest BCUT2D eigenvalue weighted by molar-refractivity contribution is 0.180. The van der Waals surface area contributed by atoms with Gasteiger partial charge in [-0.2, -0.15) is 0 Å². The molecule has 2 aliphatic heterocycles. The van der Waals surface area contributed by atoms with Crippen LogP contribution in [0, 0.1) is 5.82 Å². The third-order valence-corrected chi connectivity index (χ3v) is 8.45. The summed E-state index contributed by atoms with van der Waals surface area (Å²) in [6.45, 7) is 2.70. The van der Waals surface area contributed by atoms with Crippen LogP contribution in [0.2, 0.25) is 5.02 Å². The van der Waals surface area contributed by atoms with E-state index in [4.69, 9.17) is 16.6 Å². The number of imidazole rings is 1. The number of para-hydroxylation sites is 3. The zero-order valence-corrected chi connectivity index (χ0v) is 23.1. The average Bonchev–Trinajstić information content (AvgIpc) is 3.34. The highest BCUT2D eigenvalue weighted by molar-refractivity contribution is 6.30. The minimum atomic E-state index is -0.469. The number of rotatable bonds is 5. The van der Waals surface area contributed by atoms with Crippen molar-refractivity contribution in [3.63, 3.8) is 0 Å². The van der Waals surface area contributed by atoms with Gasteiger partial charge in [-0.25, -0.2) is 9.18 Å². The largest absolute Gasteiger partial charge is 0.326 e. The van der Waals surface area contributed by atoms with Crippen molar-refractivity contribution in [2.75, 3.05) is 18.0 Å². The first kappa shape index (κ1) is 25.7. The van der Waals surface area contributed by atoms with E-state index in [1.807, 2.05) is 65.4 Å². The summed E-state index contributed by atoms with van der Waals surface area (Å²) in [6.07, 6.45) is 3.53. The lowest BCUT2D eigenvalue weighted by Crippen LogP contribution is -2.38. The lowest BCUT2D eigenvalue weighted by Gasteiger charge is -2.33. The Morgan fingerprint density at radius 2 is 1.66 bits per heavy atom. The van der Waals surface area contributed by atoms with Crippen LogP contribution in [0.3, 0.4) is 0 Å². The van der Waals surface area contributed by atoms with Gasteiger partial charge in [0.15, 0.2) is 6.17 Å². The van der Waals surface area contributed by atoms with Gasteiger partial charge in [-0.1, -0.05) is 66.2 Å². The van der Waals surface area contributed by atoms with E-state index in [0.717, 1.165) is 60.0 Å². The first-order chi connectivity index (χ1) is 20.0. The fourth-order valence-electron chi connectivity index (χ4n) is 6.06. The van der Waals surface area contributed by atoms with E-state index in [1.54, 1.807) is 6.07 Å². The van der Waals surface area contributed by atoms with E-state index in [-0.39, 0.29) is 22.9 Å². The molecule has 6 nitrogen and oxygen atoms in total. The highest BCUT2D eigenvalue weighted by Gasteiger charge is 2.25. The molecule has 1 N–H and O–H groups in total. The van der Waals surface area contributed by atoms with Crippen LogP contribution in [-0.2, 0) is 6.54 Å². The van der Waals surface area contributed by atoms with Gasteiger partial charge < -0.3 is 9.88 Å². The molecular weight excluding hydrogens is 537 g/mol. The van der Waals surface area contributed by atoms with Crippen LogP contribution < -0.4 is 21.2 Å². The van der Waals surface area contributed by atoms with E-state index < -0.39 is 5.82 Å². The van der Waals surface area contributed by atoms with Crippen molar-refractivity contribution in [1.82, 2.24) is 14.5 Å². The summed E-state index contributed by atoms with van der Waals surface area (Å²) in [5, 5.41) is 1.46. The summed E-state index contributed by atoms with van der Waals surface area (Å²) in [6, 6.07) is 29.7. The minimum Gasteiger partial charge on any atom is -0.321 e. The Balaban J connectivity index is 1.09. The number of aromatic amines is 1. The molecule has 1 atom stereocenters. The summed E-state index contributed by atoms with van der Waals surface area (Å²) in [5.41, 5.74) is 5.09. The first-order valence-electron chi connectivity index (χ1n) is 13.9. The Bertz CT molecular complexity index is 1890. The molecule has 5 aromatic rings. The molecule has 1 unspecified atom stereocenters. The summed E-state index contributed by atoms with van der Waals surface area (Å²) in [7, 11) is 0. The molecule has 7 rings (SSSR count). The monoisotopic (exact) mass is 565 g/mol. The van der Waals surface area contributed by atoms with Gasteiger partial charge in [0.1, 0.15) is 5.82 Å². The number of aromatic nitrogens is 2. The summed E-state index contributed by atoms with van der Waals surface area (Å²) < 4.78 is 16.2. The van der Waals surface area contributed by atoms with Crippen LogP contribution in [0.4, 0.5) is 10.1 Å². The molecule has 0 radical (unpaired) electrons. The summed E-state index contributed by atoms with van der Waals surface area (Å²) >= 11 is 6.08. The third kappa shape index (κ3) is 4.96. The average molecular weight is 566 g/mol. The number of likely N-dealkylation sites (tertiary alicyclic amines) is 1. The van der Waals surface area contributed by atoms with Gasteiger partial charge in [-0.3, -0.25) is 14.5 Å². The summed E-state index contributed by atoms with van der Waals surface area (Å²) in [5.74, 6) is -0.469. The first-order valence-corrected chi connectivity index (χ1v) is 14.3. The molecule has 1 fully saturated rings. The van der Waals surface area contributed by atoms with Crippen LogP contribution in [0.5, 0.6) is 0 Å². The molecule has 0 aliphatic carbocycles. The summed E-state index contributed by atoms with van der Waals surface area (Å²) in [4.78, 5) is 25.1. The second-order valence-electron chi connectivity index (χ2n) is 10.8. The predicted molar refractivity (Wildman–Crippen MR) is 161 cm³/mol. The molecule has 4 aromatic carbocycles. The number of nitrogens with zero attached hydrogens (tertiary/aromatic N) is 4. The van der Waals surface area contributed by atoms with Crippen molar-refractivity contribution < 1.29 is 4.39 Å². The molecule has 2 aliphatic rings. The highest BCUT2D eigenvalue weighted by Crippen LogP contribution is 2.31. The second-order valence-corrected chi connectivity index (χ2v) is 11.2. The number of hydrogen-bond donors (Lipinski definition) is 1. The van der Waals surface area contributed by atoms with Gasteiger partial charge in [0.25, 0.3) is 0 Å². The van der Waals surface area contributed by atoms with Crippen molar-refractivity contribution >= 4 is 34.5 Å². The number of fused-ring (bicyclic) bond motifs is 2. The Morgan fingerprint density at radius 1 is 0.927 bits per heavy atom. The van der Waals surface area contributed by atoms with Crippen molar-refractivity contribution in [3.8, 4) is 0 Å². The lowest BCUT2D eigenvalue weighted by atomic mass is 10.0. The molecule has 0 amide bonds. The SMILES string of the molecule is O=c1[nH]c2ccccc2n1C1CCN(Cc2ccc(C3N=c4cc(F)c(Cl)cc4=CN3c3ccccc3)cc2)CC1. The molecule has 8 heteroatoms. The Morgan fingerprint density at radius 3 is 2.44 bits per heavy atom. The third-order valence-electron chi connectivity index (χ3n) is 8.16. The zero-order valence-electron chi connectivity index (χ0n) is 22.4. The van der Waals surface area contributed by atoms with Gasteiger partial charge in [-0.15, -0.1) is 0 Å². The number of piperidine rings is 1. The fraction of sp³-hybridized carbons (Fsp3) is 0.212. The maximum Gasteiger partial charge on any atom is 0.326 e. The number of benzene rings is 4. The van der Waals surface area contributed by atoms with E-state index in [1.165, 1.54) is 11.6 Å². The van der Waals surface area contributed by atoms with Crippen LogP contribution in [0.1, 0.15) is 36.2 Å². The molecule has 0 bridgehead atoms. The number of anilines is 1. The van der Waals surface area contributed by atoms with Crippen LogP contribution in [-0.4, -0.2) is 27.5 Å². The molecule has 3 heterocycles. The molecular formula is C33H29ClFN5O. The number of hydrogen-bond acceptors (Lipinski definition) is 4. The maximum atomic E-state index is 14.3. The van der Waals surface area contributed by atoms with Gasteiger partial charge in [0.05, 0.1) is 21.4 Å². The standard InChI is InChI=1S/C33H29ClFN5O/c34-27-18-24-21-39(25-6-2-1-3-7-25)32(36-30(24)19-28(27)35)23-12-10-22(11-13-23)20-38-16-14-26(15-17-38)40-31-9-5-4-8-29(31)37-33(40)41/h1-13,18-19,21,26,32H,14-17,20H2,(H,37,41). The normalized spacial score (nSPS) is 17.7. The van der Waals surface area contributed by atoms with E-state index in [9.17, 15) is 9.18 Å². The predicted octanol–water partition coefficient (Wildman–Crippen LogP) is 5.54. The van der Waals surface area contributed by atoms with Crippen LogP contribution in [0.15, 0.2) is 101 Å². The van der Waals surface area contributed by atoms with Gasteiger partial charge in [0.2, 0.25) is 0 Å². The maximum absolute atomic E-state index is 14.3. The Kier molecular flexibility index (Phi) is 6.69.